The third-order valence-corrected chi connectivity index (χ3v) is 6.28. The highest BCUT2D eigenvalue weighted by molar-refractivity contribution is 5.29. The Morgan fingerprint density at radius 3 is 2.48 bits per heavy atom. The van der Waals surface area contributed by atoms with E-state index in [0.29, 0.717) is 6.61 Å². The summed E-state index contributed by atoms with van der Waals surface area (Å²) in [5.41, 5.74) is 2.69. The summed E-state index contributed by atoms with van der Waals surface area (Å²) in [6.45, 7) is 3.09. The van der Waals surface area contributed by atoms with E-state index in [4.69, 9.17) is 18.9 Å². The van der Waals surface area contributed by atoms with Crippen LogP contribution in [-0.4, -0.2) is 33.2 Å². The second kappa shape index (κ2) is 7.36. The molecule has 4 heteroatoms. The monoisotopic (exact) mass is 346 g/mol. The van der Waals surface area contributed by atoms with Gasteiger partial charge in [-0.3, -0.25) is 0 Å². The van der Waals surface area contributed by atoms with Crippen LogP contribution in [0.3, 0.4) is 0 Å². The van der Waals surface area contributed by atoms with Crippen molar-refractivity contribution in [2.45, 2.75) is 63.4 Å². The molecule has 1 aromatic rings. The van der Waals surface area contributed by atoms with Gasteiger partial charge in [0.25, 0.3) is 0 Å². The molecule has 1 aromatic carbocycles. The summed E-state index contributed by atoms with van der Waals surface area (Å²) in [5, 5.41) is 0. The summed E-state index contributed by atoms with van der Waals surface area (Å²) in [5.74, 6) is 0. The van der Waals surface area contributed by atoms with Crippen molar-refractivity contribution in [3.63, 3.8) is 0 Å². The average Bonchev–Trinajstić information content (AvgIpc) is 2.69. The van der Waals surface area contributed by atoms with Gasteiger partial charge in [-0.05, 0) is 56.1 Å². The number of benzene rings is 1. The van der Waals surface area contributed by atoms with Gasteiger partial charge in [0, 0.05) is 19.1 Å². The van der Waals surface area contributed by atoms with Crippen LogP contribution in [0.4, 0.5) is 0 Å². The zero-order valence-corrected chi connectivity index (χ0v) is 15.3. The molecule has 1 atom stereocenters. The Morgan fingerprint density at radius 1 is 1.08 bits per heavy atom. The van der Waals surface area contributed by atoms with Crippen molar-refractivity contribution in [3.8, 4) is 0 Å². The second-order valence-electron chi connectivity index (χ2n) is 8.02. The number of methoxy groups -OCH3 is 1. The fraction of sp³-hybridized carbons (Fsp3) is 0.714. The number of rotatable bonds is 6. The molecule has 25 heavy (non-hydrogen) atoms. The van der Waals surface area contributed by atoms with Gasteiger partial charge >= 0.3 is 0 Å². The fourth-order valence-electron chi connectivity index (χ4n) is 4.56. The molecule has 4 fully saturated rings. The van der Waals surface area contributed by atoms with Crippen molar-refractivity contribution in [2.24, 2.45) is 5.41 Å². The third-order valence-electron chi connectivity index (χ3n) is 6.28. The van der Waals surface area contributed by atoms with Crippen molar-refractivity contribution in [1.82, 2.24) is 0 Å². The Balaban J connectivity index is 1.36. The van der Waals surface area contributed by atoms with E-state index >= 15 is 0 Å². The molecular formula is C21H30O4. The maximum atomic E-state index is 6.37. The van der Waals surface area contributed by atoms with Crippen LogP contribution in [0.5, 0.6) is 0 Å². The lowest BCUT2D eigenvalue weighted by molar-refractivity contribution is -0.202. The van der Waals surface area contributed by atoms with Crippen molar-refractivity contribution in [2.75, 3.05) is 26.9 Å². The molecule has 4 aliphatic rings. The third kappa shape index (κ3) is 3.63. The van der Waals surface area contributed by atoms with Gasteiger partial charge in [-0.25, -0.2) is 0 Å². The van der Waals surface area contributed by atoms with E-state index < -0.39 is 0 Å². The molecule has 0 amide bonds. The highest BCUT2D eigenvalue weighted by Crippen LogP contribution is 2.53. The number of hydrogen-bond acceptors (Lipinski definition) is 4. The first-order chi connectivity index (χ1) is 12.2. The molecule has 3 heterocycles. The van der Waals surface area contributed by atoms with Gasteiger partial charge in [-0.1, -0.05) is 24.3 Å². The van der Waals surface area contributed by atoms with Gasteiger partial charge < -0.3 is 18.9 Å². The highest BCUT2D eigenvalue weighted by atomic mass is 16.7. The van der Waals surface area contributed by atoms with E-state index in [0.717, 1.165) is 45.5 Å². The van der Waals surface area contributed by atoms with Crippen LogP contribution in [0, 0.1) is 5.41 Å². The Bertz CT molecular complexity index is 537. The van der Waals surface area contributed by atoms with E-state index in [1.54, 1.807) is 7.11 Å². The lowest BCUT2D eigenvalue weighted by atomic mass is 9.64. The molecule has 138 valence electrons. The first kappa shape index (κ1) is 17.5. The molecule has 0 N–H and O–H groups in total. The van der Waals surface area contributed by atoms with E-state index in [2.05, 4.69) is 24.3 Å². The van der Waals surface area contributed by atoms with E-state index in [-0.39, 0.29) is 17.3 Å². The molecule has 1 unspecified atom stereocenters. The molecule has 5 rings (SSSR count). The smallest absolute Gasteiger partial charge is 0.158 e. The highest BCUT2D eigenvalue weighted by Gasteiger charge is 2.50. The number of fused-ring (bicyclic) bond motifs is 3. The molecule has 3 saturated heterocycles. The number of hydrogen-bond donors (Lipinski definition) is 0. The lowest BCUT2D eigenvalue weighted by Crippen LogP contribution is -2.51. The summed E-state index contributed by atoms with van der Waals surface area (Å²) in [7, 11) is 1.80. The molecule has 0 spiro atoms. The second-order valence-corrected chi connectivity index (χ2v) is 8.02. The lowest BCUT2D eigenvalue weighted by Gasteiger charge is -2.53. The first-order valence-corrected chi connectivity index (χ1v) is 9.69. The zero-order valence-electron chi connectivity index (χ0n) is 15.3. The summed E-state index contributed by atoms with van der Waals surface area (Å²) >= 11 is 0. The van der Waals surface area contributed by atoms with Crippen LogP contribution >= 0.6 is 0 Å². The quantitative estimate of drug-likeness (QED) is 0.775. The Hall–Kier alpha value is -0.940. The maximum Gasteiger partial charge on any atom is 0.158 e. The molecule has 2 bridgehead atoms. The molecule has 4 nitrogen and oxygen atoms in total. The van der Waals surface area contributed by atoms with Crippen molar-refractivity contribution in [3.05, 3.63) is 35.4 Å². The van der Waals surface area contributed by atoms with E-state index in [1.807, 2.05) is 0 Å². The first-order valence-electron chi connectivity index (χ1n) is 9.69. The SMILES string of the molecule is COCC12CCC(c3ccc(COC4CCCCO4)cc3)(CC1)OC2. The van der Waals surface area contributed by atoms with Gasteiger partial charge in [-0.15, -0.1) is 0 Å². The van der Waals surface area contributed by atoms with Crippen molar-refractivity contribution >= 4 is 0 Å². The zero-order chi connectivity index (χ0) is 17.2. The standard InChI is InChI=1S/C21H30O4/c1-22-15-20-9-11-21(12-10-20,25-16-20)18-7-5-17(6-8-18)14-24-19-4-2-3-13-23-19/h5-8,19H,2-4,9-16H2,1H3. The van der Waals surface area contributed by atoms with Gasteiger partial charge in [0.1, 0.15) is 0 Å². The Kier molecular flexibility index (Phi) is 5.14. The topological polar surface area (TPSA) is 36.9 Å². The molecule has 1 aliphatic carbocycles. The number of ether oxygens (including phenoxy) is 4. The van der Waals surface area contributed by atoms with Crippen LogP contribution in [0.15, 0.2) is 24.3 Å². The minimum absolute atomic E-state index is 0.0269. The Morgan fingerprint density at radius 2 is 1.88 bits per heavy atom. The molecule has 1 saturated carbocycles. The minimum atomic E-state index is -0.0820. The fourth-order valence-corrected chi connectivity index (χ4v) is 4.56. The van der Waals surface area contributed by atoms with Gasteiger partial charge in [0.15, 0.2) is 6.29 Å². The van der Waals surface area contributed by atoms with Crippen LogP contribution < -0.4 is 0 Å². The summed E-state index contributed by atoms with van der Waals surface area (Å²) < 4.78 is 23.3. The predicted molar refractivity (Wildman–Crippen MR) is 95.2 cm³/mol. The summed E-state index contributed by atoms with van der Waals surface area (Å²) in [4.78, 5) is 0. The molecule has 3 aliphatic heterocycles. The van der Waals surface area contributed by atoms with Crippen molar-refractivity contribution < 1.29 is 18.9 Å². The Labute approximate surface area is 150 Å². The van der Waals surface area contributed by atoms with Gasteiger partial charge in [0.2, 0.25) is 0 Å². The van der Waals surface area contributed by atoms with Crippen LogP contribution in [-0.2, 0) is 31.2 Å². The van der Waals surface area contributed by atoms with Crippen LogP contribution in [0.1, 0.15) is 56.1 Å². The van der Waals surface area contributed by atoms with Gasteiger partial charge in [-0.2, -0.15) is 0 Å². The molecule has 0 radical (unpaired) electrons. The molecular weight excluding hydrogens is 316 g/mol. The largest absolute Gasteiger partial charge is 0.384 e. The predicted octanol–water partition coefficient (Wildman–Crippen LogP) is 4.16. The van der Waals surface area contributed by atoms with Gasteiger partial charge in [0.05, 0.1) is 25.4 Å². The van der Waals surface area contributed by atoms with Crippen molar-refractivity contribution in [1.29, 1.82) is 0 Å². The maximum absolute atomic E-state index is 6.37. The molecule has 0 aromatic heterocycles. The van der Waals surface area contributed by atoms with Crippen LogP contribution in [0.25, 0.3) is 0 Å². The summed E-state index contributed by atoms with van der Waals surface area (Å²) in [6, 6.07) is 8.83. The van der Waals surface area contributed by atoms with E-state index in [9.17, 15) is 0 Å². The van der Waals surface area contributed by atoms with E-state index in [1.165, 1.54) is 30.4 Å². The van der Waals surface area contributed by atoms with Crippen LogP contribution in [0.2, 0.25) is 0 Å². The average molecular weight is 346 g/mol. The normalized spacial score (nSPS) is 35.0. The minimum Gasteiger partial charge on any atom is -0.384 e. The summed E-state index contributed by atoms with van der Waals surface area (Å²) in [6.07, 6.45) is 7.94.